The van der Waals surface area contributed by atoms with Gasteiger partial charge in [0.2, 0.25) is 0 Å². The van der Waals surface area contributed by atoms with Crippen molar-refractivity contribution in [3.05, 3.63) is 70.0 Å². The minimum Gasteiger partial charge on any atom is -0.496 e. The van der Waals surface area contributed by atoms with Crippen LogP contribution in [0.15, 0.2) is 58.4 Å². The van der Waals surface area contributed by atoms with E-state index in [-0.39, 0.29) is 5.56 Å². The number of aromatic nitrogens is 1. The van der Waals surface area contributed by atoms with E-state index in [4.69, 9.17) is 10.5 Å². The maximum absolute atomic E-state index is 12.0. The van der Waals surface area contributed by atoms with Gasteiger partial charge in [0.15, 0.2) is 0 Å². The largest absolute Gasteiger partial charge is 0.496 e. The van der Waals surface area contributed by atoms with E-state index in [1.165, 1.54) is 10.7 Å². The van der Waals surface area contributed by atoms with E-state index in [9.17, 15) is 4.79 Å². The molecule has 0 unspecified atom stereocenters. The van der Waals surface area contributed by atoms with Crippen molar-refractivity contribution < 1.29 is 4.74 Å². The summed E-state index contributed by atoms with van der Waals surface area (Å²) < 4.78 is 6.59. The first-order valence-electron chi connectivity index (χ1n) is 7.19. The number of ether oxygens (including phenoxy) is 1. The van der Waals surface area contributed by atoms with E-state index in [1.807, 2.05) is 43.3 Å². The van der Waals surface area contributed by atoms with Crippen molar-refractivity contribution in [3.63, 3.8) is 0 Å². The van der Waals surface area contributed by atoms with Crippen molar-refractivity contribution in [1.29, 1.82) is 0 Å². The number of nitrogens with zero attached hydrogens (tertiary/aromatic N) is 2. The first kappa shape index (κ1) is 14.8. The predicted molar refractivity (Wildman–Crippen MR) is 93.3 cm³/mol. The van der Waals surface area contributed by atoms with Crippen LogP contribution in [0.25, 0.3) is 10.8 Å². The number of aryl methyl sites for hydroxylation is 1. The normalized spacial score (nSPS) is 11.2. The Labute approximate surface area is 133 Å². The van der Waals surface area contributed by atoms with Crippen LogP contribution in [0.5, 0.6) is 5.75 Å². The standard InChI is InChI=1S/C18H17N3O2/c1-12-9-17(19)21(18(22)10-12)20-11-15-14-6-4-3-5-13(14)7-8-16(15)23-2/h3-11H,19H2,1-2H3/b20-11-. The fourth-order valence-corrected chi connectivity index (χ4v) is 2.55. The van der Waals surface area contributed by atoms with Crippen LogP contribution in [0.3, 0.4) is 0 Å². The molecule has 0 bridgehead atoms. The molecule has 5 heteroatoms. The fourth-order valence-electron chi connectivity index (χ4n) is 2.55. The molecule has 0 radical (unpaired) electrons. The number of rotatable bonds is 3. The van der Waals surface area contributed by atoms with E-state index >= 15 is 0 Å². The summed E-state index contributed by atoms with van der Waals surface area (Å²) in [6.45, 7) is 1.82. The molecule has 0 aliphatic rings. The smallest absolute Gasteiger partial charge is 0.273 e. The number of anilines is 1. The molecule has 23 heavy (non-hydrogen) atoms. The average molecular weight is 307 g/mol. The summed E-state index contributed by atoms with van der Waals surface area (Å²) in [5.41, 5.74) is 7.23. The molecule has 1 heterocycles. The molecule has 0 spiro atoms. The lowest BCUT2D eigenvalue weighted by Crippen LogP contribution is -2.19. The third-order valence-electron chi connectivity index (χ3n) is 3.63. The van der Waals surface area contributed by atoms with Gasteiger partial charge in [-0.1, -0.05) is 30.3 Å². The molecule has 2 aromatic carbocycles. The van der Waals surface area contributed by atoms with Crippen LogP contribution in [0.4, 0.5) is 5.82 Å². The first-order valence-corrected chi connectivity index (χ1v) is 7.19. The van der Waals surface area contributed by atoms with Crippen molar-refractivity contribution in [3.8, 4) is 5.75 Å². The van der Waals surface area contributed by atoms with Gasteiger partial charge < -0.3 is 10.5 Å². The van der Waals surface area contributed by atoms with Crippen molar-refractivity contribution in [2.24, 2.45) is 5.10 Å². The van der Waals surface area contributed by atoms with Gasteiger partial charge in [0.1, 0.15) is 11.6 Å². The topological polar surface area (TPSA) is 69.6 Å². The summed E-state index contributed by atoms with van der Waals surface area (Å²) in [5.74, 6) is 0.983. The zero-order valence-corrected chi connectivity index (χ0v) is 13.0. The van der Waals surface area contributed by atoms with Crippen molar-refractivity contribution in [2.75, 3.05) is 12.8 Å². The van der Waals surface area contributed by atoms with Crippen LogP contribution in [0.2, 0.25) is 0 Å². The molecule has 116 valence electrons. The Morgan fingerprint density at radius 3 is 2.70 bits per heavy atom. The van der Waals surface area contributed by atoms with Gasteiger partial charge in [0.25, 0.3) is 5.56 Å². The van der Waals surface area contributed by atoms with Gasteiger partial charge in [0, 0.05) is 11.6 Å². The number of fused-ring (bicyclic) bond motifs is 1. The summed E-state index contributed by atoms with van der Waals surface area (Å²) >= 11 is 0. The third kappa shape index (κ3) is 2.81. The number of benzene rings is 2. The quantitative estimate of drug-likeness (QED) is 0.756. The van der Waals surface area contributed by atoms with Gasteiger partial charge in [-0.15, -0.1) is 0 Å². The van der Waals surface area contributed by atoms with Crippen molar-refractivity contribution in [1.82, 2.24) is 4.68 Å². The average Bonchev–Trinajstić information content (AvgIpc) is 2.53. The molecule has 2 N–H and O–H groups in total. The number of pyridine rings is 1. The van der Waals surface area contributed by atoms with Crippen LogP contribution in [-0.2, 0) is 0 Å². The van der Waals surface area contributed by atoms with Gasteiger partial charge in [-0.05, 0) is 35.4 Å². The maximum atomic E-state index is 12.0. The number of nitrogen functional groups attached to an aromatic ring is 1. The summed E-state index contributed by atoms with van der Waals surface area (Å²) in [6, 6.07) is 15.0. The molecule has 0 atom stereocenters. The first-order chi connectivity index (χ1) is 11.1. The van der Waals surface area contributed by atoms with Crippen LogP contribution < -0.4 is 16.0 Å². The van der Waals surface area contributed by atoms with Crippen LogP contribution in [-0.4, -0.2) is 18.0 Å². The van der Waals surface area contributed by atoms with Gasteiger partial charge in [0.05, 0.1) is 13.3 Å². The lowest BCUT2D eigenvalue weighted by atomic mass is 10.0. The third-order valence-corrected chi connectivity index (χ3v) is 3.63. The Kier molecular flexibility index (Phi) is 3.85. The Morgan fingerprint density at radius 1 is 1.17 bits per heavy atom. The Hall–Kier alpha value is -3.08. The molecular formula is C18H17N3O2. The fraction of sp³-hybridized carbons (Fsp3) is 0.111. The monoisotopic (exact) mass is 307 g/mol. The number of hydrogen-bond acceptors (Lipinski definition) is 4. The highest BCUT2D eigenvalue weighted by atomic mass is 16.5. The summed E-state index contributed by atoms with van der Waals surface area (Å²) in [6.07, 6.45) is 1.61. The number of hydrogen-bond donors (Lipinski definition) is 1. The number of nitrogens with two attached hydrogens (primary N) is 1. The molecule has 0 saturated heterocycles. The van der Waals surface area contributed by atoms with Crippen molar-refractivity contribution >= 4 is 22.8 Å². The van der Waals surface area contributed by atoms with E-state index in [2.05, 4.69) is 5.10 Å². The van der Waals surface area contributed by atoms with Crippen LogP contribution in [0.1, 0.15) is 11.1 Å². The summed E-state index contributed by atoms with van der Waals surface area (Å²) in [4.78, 5) is 12.0. The second-order valence-corrected chi connectivity index (χ2v) is 5.25. The lowest BCUT2D eigenvalue weighted by Gasteiger charge is -2.09. The van der Waals surface area contributed by atoms with Crippen molar-refractivity contribution in [2.45, 2.75) is 6.92 Å². The molecule has 0 saturated carbocycles. The van der Waals surface area contributed by atoms with Crippen LogP contribution >= 0.6 is 0 Å². The van der Waals surface area contributed by atoms with Crippen LogP contribution in [0, 0.1) is 6.92 Å². The van der Waals surface area contributed by atoms with E-state index in [0.717, 1.165) is 21.9 Å². The molecule has 1 aromatic heterocycles. The second-order valence-electron chi connectivity index (χ2n) is 5.25. The minimum absolute atomic E-state index is 0.266. The van der Waals surface area contributed by atoms with Gasteiger partial charge >= 0.3 is 0 Å². The van der Waals surface area contributed by atoms with E-state index in [1.54, 1.807) is 19.4 Å². The summed E-state index contributed by atoms with van der Waals surface area (Å²) in [5, 5.41) is 6.31. The maximum Gasteiger partial charge on any atom is 0.273 e. The molecule has 0 fully saturated rings. The lowest BCUT2D eigenvalue weighted by molar-refractivity contribution is 0.415. The predicted octanol–water partition coefficient (Wildman–Crippen LogP) is 2.78. The molecule has 0 aliphatic carbocycles. The highest BCUT2D eigenvalue weighted by Crippen LogP contribution is 2.26. The van der Waals surface area contributed by atoms with E-state index in [0.29, 0.717) is 11.6 Å². The molecular weight excluding hydrogens is 290 g/mol. The zero-order chi connectivity index (χ0) is 16.4. The Morgan fingerprint density at radius 2 is 1.96 bits per heavy atom. The SMILES string of the molecule is COc1ccc2ccccc2c1/C=N\n1c(N)cc(C)cc1=O. The molecule has 3 rings (SSSR count). The highest BCUT2D eigenvalue weighted by molar-refractivity contribution is 6.02. The second kappa shape index (κ2) is 5.96. The molecule has 0 aliphatic heterocycles. The zero-order valence-electron chi connectivity index (χ0n) is 13.0. The van der Waals surface area contributed by atoms with Gasteiger partial charge in [-0.25, -0.2) is 0 Å². The Balaban J connectivity index is 2.17. The van der Waals surface area contributed by atoms with E-state index < -0.39 is 0 Å². The highest BCUT2D eigenvalue weighted by Gasteiger charge is 2.07. The van der Waals surface area contributed by atoms with Gasteiger partial charge in [-0.3, -0.25) is 4.79 Å². The summed E-state index contributed by atoms with van der Waals surface area (Å²) in [7, 11) is 1.61. The Bertz CT molecular complexity index is 958. The van der Waals surface area contributed by atoms with Gasteiger partial charge in [-0.2, -0.15) is 9.78 Å². The number of methoxy groups -OCH3 is 1. The molecule has 5 nitrogen and oxygen atoms in total. The minimum atomic E-state index is -0.266. The molecule has 3 aromatic rings. The molecule has 0 amide bonds.